The maximum Gasteiger partial charge on any atom is 0.256 e. The molecule has 2 N–H and O–H groups in total. The first-order chi connectivity index (χ1) is 10.6. The Bertz CT molecular complexity index is 834. The summed E-state index contributed by atoms with van der Waals surface area (Å²) in [4.78, 5) is 12.5. The van der Waals surface area contributed by atoms with Gasteiger partial charge in [0.2, 0.25) is 0 Å². The van der Waals surface area contributed by atoms with Gasteiger partial charge in [-0.25, -0.2) is 0 Å². The van der Waals surface area contributed by atoms with Gasteiger partial charge >= 0.3 is 0 Å². The molecule has 1 spiro atoms. The van der Waals surface area contributed by atoms with Crippen molar-refractivity contribution >= 4 is 40.5 Å². The first-order valence-electron chi connectivity index (χ1n) is 6.80. The standard InChI is InChI=1S/C16H11Cl2N3O/c17-9-5-6-10(12(18)7-9)14-8-16(21-20-14)11-3-1-2-4-13(11)19-15(16)22/h1-7,21H,8H2,(H,19,22)/t16-/m1/s1. The minimum absolute atomic E-state index is 0.0995. The fourth-order valence-electron chi connectivity index (χ4n) is 2.97. The number of fused-ring (bicyclic) bond motifs is 2. The molecule has 2 aromatic carbocycles. The molecule has 2 aliphatic heterocycles. The number of carbonyl (C=O) groups excluding carboxylic acids is 1. The van der Waals surface area contributed by atoms with E-state index in [9.17, 15) is 4.79 Å². The molecule has 0 aromatic heterocycles. The van der Waals surface area contributed by atoms with Crippen LogP contribution in [0.4, 0.5) is 5.69 Å². The maximum absolute atomic E-state index is 12.5. The van der Waals surface area contributed by atoms with Crippen LogP contribution in [0, 0.1) is 0 Å². The SMILES string of the molecule is O=C1Nc2ccccc2[C@]12CC(c1ccc(Cl)cc1Cl)=NN2. The molecule has 110 valence electrons. The second-order valence-electron chi connectivity index (χ2n) is 5.38. The average molecular weight is 332 g/mol. The quantitative estimate of drug-likeness (QED) is 0.839. The van der Waals surface area contributed by atoms with E-state index < -0.39 is 5.54 Å². The zero-order valence-electron chi connectivity index (χ0n) is 11.4. The van der Waals surface area contributed by atoms with E-state index in [0.29, 0.717) is 16.5 Å². The predicted octanol–water partition coefficient (Wildman–Crippen LogP) is 3.54. The number of amides is 1. The van der Waals surface area contributed by atoms with Crippen molar-refractivity contribution in [2.75, 3.05) is 5.32 Å². The van der Waals surface area contributed by atoms with Crippen LogP contribution >= 0.6 is 23.2 Å². The van der Waals surface area contributed by atoms with Crippen LogP contribution in [-0.2, 0) is 10.3 Å². The maximum atomic E-state index is 12.5. The molecule has 0 saturated carbocycles. The van der Waals surface area contributed by atoms with E-state index in [0.717, 1.165) is 22.5 Å². The van der Waals surface area contributed by atoms with Crippen molar-refractivity contribution < 1.29 is 4.79 Å². The minimum atomic E-state index is -0.852. The van der Waals surface area contributed by atoms with Crippen molar-refractivity contribution in [2.45, 2.75) is 12.0 Å². The van der Waals surface area contributed by atoms with E-state index >= 15 is 0 Å². The van der Waals surface area contributed by atoms with Gasteiger partial charge in [-0.05, 0) is 18.2 Å². The molecule has 6 heteroatoms. The second-order valence-corrected chi connectivity index (χ2v) is 6.22. The minimum Gasteiger partial charge on any atom is -0.323 e. The van der Waals surface area contributed by atoms with Crippen LogP contribution in [-0.4, -0.2) is 11.6 Å². The lowest BCUT2D eigenvalue weighted by molar-refractivity contribution is -0.121. The Hall–Kier alpha value is -2.04. The summed E-state index contributed by atoms with van der Waals surface area (Å²) >= 11 is 12.2. The Labute approximate surface area is 137 Å². The van der Waals surface area contributed by atoms with Gasteiger partial charge in [0.1, 0.15) is 0 Å². The molecule has 0 radical (unpaired) electrons. The molecule has 0 saturated heterocycles. The number of anilines is 1. The molecular formula is C16H11Cl2N3O. The van der Waals surface area contributed by atoms with Crippen molar-refractivity contribution in [3.8, 4) is 0 Å². The number of hydrogen-bond acceptors (Lipinski definition) is 3. The van der Waals surface area contributed by atoms with Gasteiger partial charge in [-0.2, -0.15) is 5.10 Å². The van der Waals surface area contributed by atoms with Gasteiger partial charge in [0, 0.05) is 28.3 Å². The normalized spacial score (nSPS) is 22.3. The van der Waals surface area contributed by atoms with Crippen LogP contribution in [0.25, 0.3) is 0 Å². The molecule has 22 heavy (non-hydrogen) atoms. The first kappa shape index (κ1) is 13.6. The van der Waals surface area contributed by atoms with E-state index in [-0.39, 0.29) is 5.91 Å². The van der Waals surface area contributed by atoms with Gasteiger partial charge in [-0.15, -0.1) is 0 Å². The highest BCUT2D eigenvalue weighted by molar-refractivity contribution is 6.37. The van der Waals surface area contributed by atoms with E-state index in [2.05, 4.69) is 15.8 Å². The van der Waals surface area contributed by atoms with E-state index in [1.54, 1.807) is 12.1 Å². The summed E-state index contributed by atoms with van der Waals surface area (Å²) in [5.74, 6) is -0.0995. The number of nitrogens with one attached hydrogen (secondary N) is 2. The van der Waals surface area contributed by atoms with Gasteiger partial charge in [0.25, 0.3) is 5.91 Å². The Morgan fingerprint density at radius 2 is 1.95 bits per heavy atom. The highest BCUT2D eigenvalue weighted by atomic mass is 35.5. The lowest BCUT2D eigenvalue weighted by Gasteiger charge is -2.20. The Morgan fingerprint density at radius 3 is 2.77 bits per heavy atom. The molecule has 1 amide bonds. The van der Waals surface area contributed by atoms with Crippen LogP contribution < -0.4 is 10.7 Å². The lowest BCUT2D eigenvalue weighted by Crippen LogP contribution is -2.42. The lowest BCUT2D eigenvalue weighted by atomic mass is 9.86. The molecule has 0 aliphatic carbocycles. The fraction of sp³-hybridized carbons (Fsp3) is 0.125. The van der Waals surface area contributed by atoms with Crippen molar-refractivity contribution in [1.82, 2.24) is 5.43 Å². The van der Waals surface area contributed by atoms with Crippen molar-refractivity contribution in [3.05, 3.63) is 63.6 Å². The van der Waals surface area contributed by atoms with E-state index in [1.807, 2.05) is 30.3 Å². The topological polar surface area (TPSA) is 53.5 Å². The molecular weight excluding hydrogens is 321 g/mol. The van der Waals surface area contributed by atoms with Crippen LogP contribution in [0.5, 0.6) is 0 Å². The number of hydrazone groups is 1. The average Bonchev–Trinajstić information content (AvgIpc) is 3.04. The molecule has 1 atom stereocenters. The highest BCUT2D eigenvalue weighted by Gasteiger charge is 2.50. The van der Waals surface area contributed by atoms with Gasteiger partial charge < -0.3 is 5.32 Å². The third-order valence-electron chi connectivity index (χ3n) is 4.08. The van der Waals surface area contributed by atoms with Gasteiger partial charge in [-0.3, -0.25) is 10.2 Å². The van der Waals surface area contributed by atoms with E-state index in [4.69, 9.17) is 23.2 Å². The molecule has 0 bridgehead atoms. The summed E-state index contributed by atoms with van der Waals surface area (Å²) in [6, 6.07) is 12.9. The fourth-order valence-corrected chi connectivity index (χ4v) is 3.49. The summed E-state index contributed by atoms with van der Waals surface area (Å²) in [7, 11) is 0. The van der Waals surface area contributed by atoms with Crippen LogP contribution in [0.3, 0.4) is 0 Å². The predicted molar refractivity (Wildman–Crippen MR) is 87.5 cm³/mol. The summed E-state index contributed by atoms with van der Waals surface area (Å²) < 4.78 is 0. The zero-order chi connectivity index (χ0) is 15.3. The third-order valence-corrected chi connectivity index (χ3v) is 4.63. The molecule has 2 aliphatic rings. The molecule has 4 nitrogen and oxygen atoms in total. The second kappa shape index (κ2) is 4.73. The molecule has 2 aromatic rings. The molecule has 0 unspecified atom stereocenters. The van der Waals surface area contributed by atoms with Gasteiger partial charge in [0.15, 0.2) is 5.54 Å². The smallest absolute Gasteiger partial charge is 0.256 e. The Morgan fingerprint density at radius 1 is 1.14 bits per heavy atom. The van der Waals surface area contributed by atoms with Gasteiger partial charge in [0.05, 0.1) is 10.7 Å². The van der Waals surface area contributed by atoms with Crippen LogP contribution in [0.2, 0.25) is 10.0 Å². The third kappa shape index (κ3) is 1.84. The molecule has 4 rings (SSSR count). The number of nitrogens with zero attached hydrogens (tertiary/aromatic N) is 1. The monoisotopic (exact) mass is 331 g/mol. The van der Waals surface area contributed by atoms with Crippen molar-refractivity contribution in [2.24, 2.45) is 5.10 Å². The largest absolute Gasteiger partial charge is 0.323 e. The highest BCUT2D eigenvalue weighted by Crippen LogP contribution is 2.42. The number of para-hydroxylation sites is 1. The summed E-state index contributed by atoms with van der Waals surface area (Å²) in [6.07, 6.45) is 0.442. The summed E-state index contributed by atoms with van der Waals surface area (Å²) in [5.41, 5.74) is 5.41. The van der Waals surface area contributed by atoms with Crippen molar-refractivity contribution in [3.63, 3.8) is 0 Å². The Kier molecular flexibility index (Phi) is 2.93. The first-order valence-corrected chi connectivity index (χ1v) is 7.56. The number of rotatable bonds is 1. The molecule has 0 fully saturated rings. The molecule has 2 heterocycles. The summed E-state index contributed by atoms with van der Waals surface area (Å²) in [5, 5.41) is 8.35. The van der Waals surface area contributed by atoms with E-state index in [1.165, 1.54) is 0 Å². The van der Waals surface area contributed by atoms with Crippen LogP contribution in [0.15, 0.2) is 47.6 Å². The number of benzene rings is 2. The Balaban J connectivity index is 1.74. The number of hydrogen-bond donors (Lipinski definition) is 2. The summed E-state index contributed by atoms with van der Waals surface area (Å²) in [6.45, 7) is 0. The number of carbonyl (C=O) groups is 1. The zero-order valence-corrected chi connectivity index (χ0v) is 12.9. The van der Waals surface area contributed by atoms with Gasteiger partial charge in [-0.1, -0.05) is 47.5 Å². The number of halogens is 2. The van der Waals surface area contributed by atoms with Crippen molar-refractivity contribution in [1.29, 1.82) is 0 Å². The van der Waals surface area contributed by atoms with Crippen LogP contribution in [0.1, 0.15) is 17.5 Å².